The van der Waals surface area contributed by atoms with E-state index in [-0.39, 0.29) is 5.03 Å². The molecular weight excluding hydrogens is 354 g/mol. The van der Waals surface area contributed by atoms with E-state index in [0.717, 1.165) is 18.4 Å². The number of imidazole rings is 1. The fourth-order valence-corrected chi connectivity index (χ4v) is 4.78. The molecule has 0 N–H and O–H groups in total. The van der Waals surface area contributed by atoms with E-state index >= 15 is 0 Å². The Morgan fingerprint density at radius 1 is 1.19 bits per heavy atom. The van der Waals surface area contributed by atoms with E-state index in [9.17, 15) is 8.42 Å². The average molecular weight is 373 g/mol. The van der Waals surface area contributed by atoms with Gasteiger partial charge in [-0.2, -0.15) is 9.29 Å². The number of sulfonamides is 1. The summed E-state index contributed by atoms with van der Waals surface area (Å²) in [5.74, 6) is 0.782. The van der Waals surface area contributed by atoms with Gasteiger partial charge in [-0.15, -0.1) is 0 Å². The third kappa shape index (κ3) is 3.04. The first-order chi connectivity index (χ1) is 12.6. The molecule has 1 atom stereocenters. The first kappa shape index (κ1) is 16.9. The molecule has 1 fully saturated rings. The van der Waals surface area contributed by atoms with Gasteiger partial charge in [0.05, 0.1) is 6.33 Å². The van der Waals surface area contributed by atoms with Gasteiger partial charge in [0.1, 0.15) is 6.04 Å². The van der Waals surface area contributed by atoms with Gasteiger partial charge in [-0.05, 0) is 12.8 Å². The molecule has 1 saturated heterocycles. The fourth-order valence-electron chi connectivity index (χ4n) is 3.16. The normalized spacial score (nSPS) is 18.9. The maximum absolute atomic E-state index is 13.0. The summed E-state index contributed by atoms with van der Waals surface area (Å²) in [6, 6.07) is 9.00. The van der Waals surface area contributed by atoms with Crippen LogP contribution in [0.1, 0.15) is 31.2 Å². The lowest BCUT2D eigenvalue weighted by Crippen LogP contribution is -2.38. The predicted octanol–water partition coefficient (Wildman–Crippen LogP) is 2.39. The van der Waals surface area contributed by atoms with E-state index in [1.54, 1.807) is 11.6 Å². The van der Waals surface area contributed by atoms with Crippen LogP contribution >= 0.6 is 0 Å². The second-order valence-electron chi connectivity index (χ2n) is 6.33. The van der Waals surface area contributed by atoms with Gasteiger partial charge in [-0.25, -0.2) is 13.4 Å². The maximum Gasteiger partial charge on any atom is 0.262 e. The predicted molar refractivity (Wildman–Crippen MR) is 93.4 cm³/mol. The largest absolute Gasteiger partial charge is 0.339 e. The highest BCUT2D eigenvalue weighted by atomic mass is 32.2. The SMILES string of the molecule is Cn1cnc(S(=O)(=O)N2CCCCC2c2nc(-c3ccccc3)no2)c1. The van der Waals surface area contributed by atoms with Crippen LogP contribution in [0.15, 0.2) is 52.4 Å². The smallest absolute Gasteiger partial charge is 0.262 e. The summed E-state index contributed by atoms with van der Waals surface area (Å²) >= 11 is 0. The number of piperidine rings is 1. The molecule has 1 unspecified atom stereocenters. The van der Waals surface area contributed by atoms with Gasteiger partial charge in [-0.1, -0.05) is 41.9 Å². The quantitative estimate of drug-likeness (QED) is 0.697. The van der Waals surface area contributed by atoms with Gasteiger partial charge < -0.3 is 9.09 Å². The number of nitrogens with zero attached hydrogens (tertiary/aromatic N) is 5. The molecule has 136 valence electrons. The number of hydrogen-bond donors (Lipinski definition) is 0. The fraction of sp³-hybridized carbons (Fsp3) is 0.353. The van der Waals surface area contributed by atoms with Gasteiger partial charge in [0.2, 0.25) is 11.7 Å². The Kier molecular flexibility index (Phi) is 4.33. The topological polar surface area (TPSA) is 94.1 Å². The van der Waals surface area contributed by atoms with E-state index in [1.807, 2.05) is 30.3 Å². The van der Waals surface area contributed by atoms with Gasteiger partial charge in [0.25, 0.3) is 10.0 Å². The lowest BCUT2D eigenvalue weighted by atomic mass is 10.1. The molecule has 9 heteroatoms. The van der Waals surface area contributed by atoms with Crippen molar-refractivity contribution in [1.29, 1.82) is 0 Å². The number of rotatable bonds is 4. The molecule has 4 rings (SSSR count). The molecule has 0 spiro atoms. The van der Waals surface area contributed by atoms with E-state index in [0.29, 0.717) is 24.7 Å². The van der Waals surface area contributed by atoms with E-state index in [2.05, 4.69) is 15.1 Å². The third-order valence-electron chi connectivity index (χ3n) is 4.47. The summed E-state index contributed by atoms with van der Waals surface area (Å²) in [4.78, 5) is 8.47. The first-order valence-corrected chi connectivity index (χ1v) is 9.88. The minimum Gasteiger partial charge on any atom is -0.339 e. The van der Waals surface area contributed by atoms with Gasteiger partial charge in [0.15, 0.2) is 5.03 Å². The van der Waals surface area contributed by atoms with Crippen molar-refractivity contribution in [3.8, 4) is 11.4 Å². The zero-order valence-electron chi connectivity index (χ0n) is 14.3. The Bertz CT molecular complexity index is 996. The molecule has 3 aromatic rings. The highest BCUT2D eigenvalue weighted by Gasteiger charge is 2.38. The molecule has 26 heavy (non-hydrogen) atoms. The molecular formula is C17H19N5O3S. The van der Waals surface area contributed by atoms with Crippen molar-refractivity contribution < 1.29 is 12.9 Å². The number of aromatic nitrogens is 4. The van der Waals surface area contributed by atoms with Crippen LogP contribution < -0.4 is 0 Å². The second-order valence-corrected chi connectivity index (χ2v) is 8.16. The minimum absolute atomic E-state index is 0.0368. The molecule has 0 aliphatic carbocycles. The van der Waals surface area contributed by atoms with Crippen molar-refractivity contribution in [1.82, 2.24) is 24.0 Å². The Hall–Kier alpha value is -2.52. The van der Waals surface area contributed by atoms with Crippen LogP contribution in [0.5, 0.6) is 0 Å². The van der Waals surface area contributed by atoms with E-state index in [4.69, 9.17) is 4.52 Å². The van der Waals surface area contributed by atoms with Crippen molar-refractivity contribution in [2.75, 3.05) is 6.54 Å². The van der Waals surface area contributed by atoms with E-state index < -0.39 is 16.1 Å². The monoisotopic (exact) mass is 373 g/mol. The summed E-state index contributed by atoms with van der Waals surface area (Å²) in [5.41, 5.74) is 0.831. The lowest BCUT2D eigenvalue weighted by Gasteiger charge is -2.31. The number of aryl methyl sites for hydroxylation is 1. The average Bonchev–Trinajstić information content (AvgIpc) is 3.32. The second kappa shape index (κ2) is 6.65. The highest BCUT2D eigenvalue weighted by Crippen LogP contribution is 2.35. The molecule has 1 aliphatic heterocycles. The Morgan fingerprint density at radius 2 is 2.00 bits per heavy atom. The van der Waals surface area contributed by atoms with Crippen LogP contribution in [-0.2, 0) is 17.1 Å². The Labute approximate surface area is 151 Å². The molecule has 2 aromatic heterocycles. The van der Waals surface area contributed by atoms with Crippen molar-refractivity contribution in [3.63, 3.8) is 0 Å². The van der Waals surface area contributed by atoms with Crippen LogP contribution in [0.25, 0.3) is 11.4 Å². The van der Waals surface area contributed by atoms with Crippen LogP contribution in [-0.4, -0.2) is 39.0 Å². The van der Waals surface area contributed by atoms with Crippen molar-refractivity contribution in [2.24, 2.45) is 7.05 Å². The number of benzene rings is 1. The highest BCUT2D eigenvalue weighted by molar-refractivity contribution is 7.89. The molecule has 0 amide bonds. The van der Waals surface area contributed by atoms with Crippen LogP contribution in [0.4, 0.5) is 0 Å². The summed E-state index contributed by atoms with van der Waals surface area (Å²) in [5, 5.41) is 4.06. The zero-order valence-corrected chi connectivity index (χ0v) is 15.1. The molecule has 3 heterocycles. The summed E-state index contributed by atoms with van der Waals surface area (Å²) < 4.78 is 34.5. The van der Waals surface area contributed by atoms with Crippen LogP contribution in [0, 0.1) is 0 Å². The van der Waals surface area contributed by atoms with Crippen molar-refractivity contribution >= 4 is 10.0 Å². The van der Waals surface area contributed by atoms with Gasteiger partial charge in [-0.3, -0.25) is 0 Å². The lowest BCUT2D eigenvalue weighted by molar-refractivity contribution is 0.204. The maximum atomic E-state index is 13.0. The van der Waals surface area contributed by atoms with Crippen molar-refractivity contribution in [3.05, 3.63) is 48.7 Å². The van der Waals surface area contributed by atoms with E-state index in [1.165, 1.54) is 16.8 Å². The van der Waals surface area contributed by atoms with Gasteiger partial charge in [0, 0.05) is 25.4 Å². The van der Waals surface area contributed by atoms with Crippen LogP contribution in [0.3, 0.4) is 0 Å². The van der Waals surface area contributed by atoms with Crippen LogP contribution in [0.2, 0.25) is 0 Å². The third-order valence-corrected chi connectivity index (χ3v) is 6.26. The molecule has 0 radical (unpaired) electrons. The Morgan fingerprint density at radius 3 is 2.73 bits per heavy atom. The number of hydrogen-bond acceptors (Lipinski definition) is 6. The summed E-state index contributed by atoms with van der Waals surface area (Å²) in [6.45, 7) is 0.409. The molecule has 1 aromatic carbocycles. The summed E-state index contributed by atoms with van der Waals surface area (Å²) in [6.07, 6.45) is 5.32. The minimum atomic E-state index is -3.72. The zero-order chi connectivity index (χ0) is 18.1. The molecule has 1 aliphatic rings. The summed E-state index contributed by atoms with van der Waals surface area (Å²) in [7, 11) is -1.98. The molecule has 0 bridgehead atoms. The first-order valence-electron chi connectivity index (χ1n) is 8.44. The van der Waals surface area contributed by atoms with Crippen molar-refractivity contribution in [2.45, 2.75) is 30.3 Å². The molecule has 8 nitrogen and oxygen atoms in total. The van der Waals surface area contributed by atoms with Gasteiger partial charge >= 0.3 is 0 Å². The molecule has 0 saturated carbocycles. The standard InChI is InChI=1S/C17H19N5O3S/c1-21-11-15(18-12-21)26(23,24)22-10-6-5-9-14(22)17-19-16(20-25-17)13-7-3-2-4-8-13/h2-4,7-8,11-12,14H,5-6,9-10H2,1H3. The Balaban J connectivity index is 1.67.